The highest BCUT2D eigenvalue weighted by Gasteiger charge is 2.27. The summed E-state index contributed by atoms with van der Waals surface area (Å²) in [4.78, 5) is 25.8. The molecule has 1 saturated carbocycles. The van der Waals surface area contributed by atoms with Crippen molar-refractivity contribution in [3.8, 4) is 17.0 Å². The average molecular weight is 563 g/mol. The van der Waals surface area contributed by atoms with Crippen LogP contribution in [0, 0.1) is 0 Å². The summed E-state index contributed by atoms with van der Waals surface area (Å²) < 4.78 is 1.38. The van der Waals surface area contributed by atoms with E-state index in [0.717, 1.165) is 42.5 Å². The smallest absolute Gasteiger partial charge is 0.342 e. The first-order valence-corrected chi connectivity index (χ1v) is 13.6. The third-order valence-corrected chi connectivity index (χ3v) is 7.78. The second-order valence-corrected chi connectivity index (χ2v) is 10.5. The van der Waals surface area contributed by atoms with Crippen LogP contribution in [0.3, 0.4) is 0 Å². The van der Waals surface area contributed by atoms with Gasteiger partial charge in [0, 0.05) is 35.3 Å². The number of carbonyl (C=O) groups is 2. The molecular formula is C30H28Cl2N4O3. The fourth-order valence-corrected chi connectivity index (χ4v) is 4.83. The molecule has 0 aliphatic heterocycles. The minimum absolute atomic E-state index is 0.0462. The zero-order chi connectivity index (χ0) is 27.5. The molecule has 0 saturated heterocycles. The Morgan fingerprint density at radius 2 is 1.72 bits per heavy atom. The van der Waals surface area contributed by atoms with Gasteiger partial charge in [-0.3, -0.25) is 4.79 Å². The number of aromatic hydroxyl groups is 1. The summed E-state index contributed by atoms with van der Waals surface area (Å²) in [6.45, 7) is 2.32. The normalized spacial score (nSPS) is 13.1. The van der Waals surface area contributed by atoms with Gasteiger partial charge in [-0.25, -0.2) is 4.79 Å². The monoisotopic (exact) mass is 562 g/mol. The Hall–Kier alpha value is -3.81. The Morgan fingerprint density at radius 3 is 2.36 bits per heavy atom. The number of carbonyl (C=O) groups excluding carboxylic acids is 2. The van der Waals surface area contributed by atoms with E-state index in [1.165, 1.54) is 10.7 Å². The number of phenols is 1. The molecule has 0 spiro atoms. The Bertz CT molecular complexity index is 1530. The molecule has 1 aliphatic carbocycles. The highest BCUT2D eigenvalue weighted by molar-refractivity contribution is 6.42. The summed E-state index contributed by atoms with van der Waals surface area (Å²) in [6.07, 6.45) is 3.94. The van der Waals surface area contributed by atoms with Crippen LogP contribution in [0.2, 0.25) is 10.0 Å². The third-order valence-electron chi connectivity index (χ3n) is 7.04. The van der Waals surface area contributed by atoms with E-state index in [4.69, 9.17) is 23.2 Å². The van der Waals surface area contributed by atoms with E-state index >= 15 is 0 Å². The molecule has 4 aromatic rings. The molecule has 1 heterocycles. The molecule has 2 amide bonds. The molecule has 9 heteroatoms. The molecule has 0 radical (unpaired) electrons. The van der Waals surface area contributed by atoms with E-state index in [1.807, 2.05) is 18.2 Å². The first-order valence-electron chi connectivity index (χ1n) is 12.9. The van der Waals surface area contributed by atoms with Crippen LogP contribution in [-0.2, 0) is 13.0 Å². The van der Waals surface area contributed by atoms with Gasteiger partial charge in [-0.1, -0.05) is 54.7 Å². The van der Waals surface area contributed by atoms with Gasteiger partial charge in [-0.2, -0.15) is 9.78 Å². The van der Waals surface area contributed by atoms with Gasteiger partial charge in [0.1, 0.15) is 5.75 Å². The van der Waals surface area contributed by atoms with Gasteiger partial charge in [0.05, 0.1) is 21.4 Å². The first-order chi connectivity index (χ1) is 18.8. The Balaban J connectivity index is 1.34. The van der Waals surface area contributed by atoms with E-state index in [1.54, 1.807) is 42.5 Å². The van der Waals surface area contributed by atoms with Crippen molar-refractivity contribution in [3.05, 3.63) is 99.2 Å². The van der Waals surface area contributed by atoms with Crippen LogP contribution in [0.15, 0.2) is 66.7 Å². The van der Waals surface area contributed by atoms with Crippen molar-refractivity contribution in [3.63, 3.8) is 0 Å². The minimum atomic E-state index is -0.369. The number of anilines is 1. The average Bonchev–Trinajstić information content (AvgIpc) is 3.32. The molecule has 200 valence electrons. The van der Waals surface area contributed by atoms with Crippen LogP contribution >= 0.6 is 23.2 Å². The standard InChI is InChI=1S/C30H28Cl2N4O3/c1-2-18-6-9-21(10-7-18)29(38)34-22-11-12-23(28(37)15-22)26-16-27(20-4-3-5-20)36(35-26)30(39)33-17-19-8-13-24(31)25(32)14-19/h6-16,20,37H,2-5,17H2,1H3,(H,33,39)(H,34,38). The topological polar surface area (TPSA) is 96.3 Å². The van der Waals surface area contributed by atoms with Gasteiger partial charge in [0.15, 0.2) is 0 Å². The van der Waals surface area contributed by atoms with Crippen LogP contribution in [0.4, 0.5) is 10.5 Å². The van der Waals surface area contributed by atoms with Gasteiger partial charge in [0.2, 0.25) is 0 Å². The number of nitrogens with one attached hydrogen (secondary N) is 2. The van der Waals surface area contributed by atoms with Gasteiger partial charge >= 0.3 is 6.03 Å². The highest BCUT2D eigenvalue weighted by atomic mass is 35.5. The summed E-state index contributed by atoms with van der Waals surface area (Å²) in [6, 6.07) is 19.0. The summed E-state index contributed by atoms with van der Waals surface area (Å²) in [7, 11) is 0. The lowest BCUT2D eigenvalue weighted by molar-refractivity contribution is 0.102. The van der Waals surface area contributed by atoms with Crippen molar-refractivity contribution in [2.45, 2.75) is 45.1 Å². The molecule has 3 aromatic carbocycles. The number of rotatable bonds is 7. The molecule has 3 N–H and O–H groups in total. The Morgan fingerprint density at radius 1 is 0.974 bits per heavy atom. The van der Waals surface area contributed by atoms with Crippen molar-refractivity contribution < 1.29 is 14.7 Å². The first kappa shape index (κ1) is 26.8. The molecule has 1 fully saturated rings. The third kappa shape index (κ3) is 5.95. The molecule has 0 atom stereocenters. The second-order valence-electron chi connectivity index (χ2n) is 9.64. The number of hydrogen-bond donors (Lipinski definition) is 3. The van der Waals surface area contributed by atoms with Crippen LogP contribution in [0.1, 0.15) is 59.3 Å². The summed E-state index contributed by atoms with van der Waals surface area (Å²) >= 11 is 12.1. The molecule has 0 bridgehead atoms. The van der Waals surface area contributed by atoms with Crippen molar-refractivity contribution in [2.75, 3.05) is 5.32 Å². The highest BCUT2D eigenvalue weighted by Crippen LogP contribution is 2.39. The number of hydrogen-bond acceptors (Lipinski definition) is 4. The van der Waals surface area contributed by atoms with E-state index in [2.05, 4.69) is 22.7 Å². The molecule has 1 aromatic heterocycles. The van der Waals surface area contributed by atoms with Gasteiger partial charge < -0.3 is 15.7 Å². The predicted octanol–water partition coefficient (Wildman–Crippen LogP) is 7.40. The molecule has 7 nitrogen and oxygen atoms in total. The molecular weight excluding hydrogens is 535 g/mol. The lowest BCUT2D eigenvalue weighted by atomic mass is 9.82. The lowest BCUT2D eigenvalue weighted by Crippen LogP contribution is -2.31. The number of halogens is 2. The zero-order valence-corrected chi connectivity index (χ0v) is 22.9. The Labute approximate surface area is 236 Å². The van der Waals surface area contributed by atoms with E-state index in [-0.39, 0.29) is 30.2 Å². The quantitative estimate of drug-likeness (QED) is 0.218. The maximum atomic E-state index is 13.1. The number of benzene rings is 3. The zero-order valence-electron chi connectivity index (χ0n) is 21.4. The van der Waals surface area contributed by atoms with Crippen molar-refractivity contribution in [1.82, 2.24) is 15.1 Å². The molecule has 39 heavy (non-hydrogen) atoms. The van der Waals surface area contributed by atoms with Gasteiger partial charge in [-0.15, -0.1) is 0 Å². The van der Waals surface area contributed by atoms with Crippen LogP contribution < -0.4 is 10.6 Å². The number of amides is 2. The molecule has 0 unspecified atom stereocenters. The Kier molecular flexibility index (Phi) is 7.91. The van der Waals surface area contributed by atoms with Crippen molar-refractivity contribution in [1.29, 1.82) is 0 Å². The van der Waals surface area contributed by atoms with Gasteiger partial charge in [0.25, 0.3) is 5.91 Å². The number of phenolic OH excluding ortho intramolecular Hbond substituents is 1. The van der Waals surface area contributed by atoms with E-state index < -0.39 is 0 Å². The largest absolute Gasteiger partial charge is 0.507 e. The predicted molar refractivity (Wildman–Crippen MR) is 154 cm³/mol. The molecule has 5 rings (SSSR count). The van der Waals surface area contributed by atoms with E-state index in [0.29, 0.717) is 32.6 Å². The number of aromatic nitrogens is 2. The van der Waals surface area contributed by atoms with Crippen molar-refractivity contribution >= 4 is 40.8 Å². The summed E-state index contributed by atoms with van der Waals surface area (Å²) in [5.74, 6) is -0.0862. The fraction of sp³-hybridized carbons (Fsp3) is 0.233. The van der Waals surface area contributed by atoms with Crippen LogP contribution in [0.5, 0.6) is 5.75 Å². The number of nitrogens with zero attached hydrogens (tertiary/aromatic N) is 2. The maximum absolute atomic E-state index is 13.1. The van der Waals surface area contributed by atoms with Crippen LogP contribution in [0.25, 0.3) is 11.3 Å². The van der Waals surface area contributed by atoms with Gasteiger partial charge in [-0.05, 0) is 72.9 Å². The molecule has 1 aliphatic rings. The fourth-order valence-electron chi connectivity index (χ4n) is 4.51. The SMILES string of the molecule is CCc1ccc(C(=O)Nc2ccc(-c3cc(C4CCC4)n(C(=O)NCc4ccc(Cl)c(Cl)c4)n3)c(O)c2)cc1. The summed E-state index contributed by atoms with van der Waals surface area (Å²) in [5.41, 5.74) is 4.70. The lowest BCUT2D eigenvalue weighted by Gasteiger charge is -2.25. The number of aryl methyl sites for hydroxylation is 1. The van der Waals surface area contributed by atoms with Crippen molar-refractivity contribution in [2.24, 2.45) is 0 Å². The van der Waals surface area contributed by atoms with Crippen LogP contribution in [-0.4, -0.2) is 26.8 Å². The second kappa shape index (κ2) is 11.5. The summed E-state index contributed by atoms with van der Waals surface area (Å²) in [5, 5.41) is 22.0. The van der Waals surface area contributed by atoms with E-state index in [9.17, 15) is 14.7 Å². The minimum Gasteiger partial charge on any atom is -0.507 e. The maximum Gasteiger partial charge on any atom is 0.342 e.